The van der Waals surface area contributed by atoms with E-state index in [0.717, 1.165) is 25.7 Å². The molecule has 0 atom stereocenters. The van der Waals surface area contributed by atoms with Crippen molar-refractivity contribution >= 4 is 39.5 Å². The largest absolute Gasteiger partial charge is 0.485 e. The number of ether oxygens (including phenoxy) is 2. The quantitative estimate of drug-likeness (QED) is 0.358. The SMILES string of the molecule is CC(C)(C)OC(=O)Cc1ccccc1OCc1cc2cc(CCO)cc(I)c2o1. The van der Waals surface area contributed by atoms with E-state index in [1.165, 1.54) is 0 Å². The molecule has 0 aliphatic carbocycles. The summed E-state index contributed by atoms with van der Waals surface area (Å²) in [5.74, 6) is 1.05. The van der Waals surface area contributed by atoms with Gasteiger partial charge in [0.25, 0.3) is 0 Å². The standard InChI is InChI=1S/C23H25IO5/c1-23(2,3)29-21(26)13-16-6-4-5-7-20(16)27-14-18-12-17-10-15(8-9-25)11-19(24)22(17)28-18/h4-7,10-12,25H,8-9,13-14H2,1-3H3. The molecular formula is C23H25IO5. The Labute approximate surface area is 184 Å². The van der Waals surface area contributed by atoms with Gasteiger partial charge in [-0.3, -0.25) is 4.79 Å². The van der Waals surface area contributed by atoms with Crippen molar-refractivity contribution in [1.29, 1.82) is 0 Å². The average molecular weight is 508 g/mol. The number of carbonyl (C=O) groups is 1. The molecule has 0 saturated carbocycles. The maximum atomic E-state index is 12.2. The minimum absolute atomic E-state index is 0.115. The Bertz CT molecular complexity index is 1000. The molecule has 0 unspecified atom stereocenters. The zero-order valence-electron chi connectivity index (χ0n) is 16.8. The highest BCUT2D eigenvalue weighted by molar-refractivity contribution is 14.1. The Kier molecular flexibility index (Phi) is 6.85. The van der Waals surface area contributed by atoms with Crippen molar-refractivity contribution in [1.82, 2.24) is 0 Å². The van der Waals surface area contributed by atoms with Crippen molar-refractivity contribution in [2.24, 2.45) is 0 Å². The molecule has 0 spiro atoms. The number of hydrogen-bond donors (Lipinski definition) is 1. The lowest BCUT2D eigenvalue weighted by Crippen LogP contribution is -2.25. The maximum absolute atomic E-state index is 12.2. The molecular weight excluding hydrogens is 483 g/mol. The van der Waals surface area contributed by atoms with E-state index in [2.05, 4.69) is 22.6 Å². The lowest BCUT2D eigenvalue weighted by atomic mass is 10.1. The molecule has 3 aromatic rings. The van der Waals surface area contributed by atoms with E-state index in [1.807, 2.05) is 63.2 Å². The minimum atomic E-state index is -0.521. The van der Waals surface area contributed by atoms with Crippen molar-refractivity contribution in [3.05, 3.63) is 62.9 Å². The normalized spacial score (nSPS) is 11.6. The first-order valence-electron chi connectivity index (χ1n) is 9.49. The van der Waals surface area contributed by atoms with E-state index in [0.29, 0.717) is 17.9 Å². The Morgan fingerprint density at radius 3 is 2.66 bits per heavy atom. The van der Waals surface area contributed by atoms with Crippen LogP contribution in [-0.4, -0.2) is 23.3 Å². The topological polar surface area (TPSA) is 68.9 Å². The van der Waals surface area contributed by atoms with Crippen molar-refractivity contribution < 1.29 is 23.8 Å². The van der Waals surface area contributed by atoms with Crippen LogP contribution in [0.4, 0.5) is 0 Å². The number of esters is 1. The highest BCUT2D eigenvalue weighted by atomic mass is 127. The molecule has 1 aromatic heterocycles. The van der Waals surface area contributed by atoms with Crippen LogP contribution >= 0.6 is 22.6 Å². The van der Waals surface area contributed by atoms with Gasteiger partial charge in [0, 0.05) is 17.6 Å². The molecule has 0 bridgehead atoms. The molecule has 6 heteroatoms. The number of benzene rings is 2. The van der Waals surface area contributed by atoms with Crippen LogP contribution in [0, 0.1) is 3.57 Å². The van der Waals surface area contributed by atoms with Crippen LogP contribution in [0.15, 0.2) is 46.9 Å². The van der Waals surface area contributed by atoms with Gasteiger partial charge in [0.05, 0.1) is 9.99 Å². The van der Waals surface area contributed by atoms with Crippen LogP contribution in [0.3, 0.4) is 0 Å². The number of carbonyl (C=O) groups excluding carboxylic acids is 1. The van der Waals surface area contributed by atoms with E-state index in [4.69, 9.17) is 13.9 Å². The van der Waals surface area contributed by atoms with Gasteiger partial charge in [-0.05, 0) is 79.6 Å². The maximum Gasteiger partial charge on any atom is 0.310 e. The van der Waals surface area contributed by atoms with Gasteiger partial charge in [-0.1, -0.05) is 18.2 Å². The van der Waals surface area contributed by atoms with Crippen LogP contribution in [-0.2, 0) is 29.0 Å². The lowest BCUT2D eigenvalue weighted by Gasteiger charge is -2.20. The molecule has 5 nitrogen and oxygen atoms in total. The summed E-state index contributed by atoms with van der Waals surface area (Å²) < 4.78 is 18.3. The molecule has 1 heterocycles. The fourth-order valence-corrected chi connectivity index (χ4v) is 3.86. The first kappa shape index (κ1) is 21.6. The van der Waals surface area contributed by atoms with Gasteiger partial charge < -0.3 is 19.0 Å². The van der Waals surface area contributed by atoms with Gasteiger partial charge in [-0.25, -0.2) is 0 Å². The van der Waals surface area contributed by atoms with Crippen LogP contribution in [0.25, 0.3) is 11.0 Å². The summed E-state index contributed by atoms with van der Waals surface area (Å²) >= 11 is 2.24. The molecule has 2 aromatic carbocycles. The third-order valence-corrected chi connectivity index (χ3v) is 4.98. The predicted molar refractivity (Wildman–Crippen MR) is 120 cm³/mol. The number of aliphatic hydroxyl groups is 1. The number of fused-ring (bicyclic) bond motifs is 1. The molecule has 1 N–H and O–H groups in total. The average Bonchev–Trinajstić information content (AvgIpc) is 3.03. The molecule has 154 valence electrons. The molecule has 29 heavy (non-hydrogen) atoms. The molecule has 0 saturated heterocycles. The number of halogens is 1. The zero-order chi connectivity index (χ0) is 21.0. The summed E-state index contributed by atoms with van der Waals surface area (Å²) in [7, 11) is 0. The Morgan fingerprint density at radius 2 is 1.93 bits per heavy atom. The second-order valence-corrected chi connectivity index (χ2v) is 9.00. The molecule has 0 amide bonds. The highest BCUT2D eigenvalue weighted by Gasteiger charge is 2.18. The first-order valence-corrected chi connectivity index (χ1v) is 10.6. The van der Waals surface area contributed by atoms with Gasteiger partial charge in [-0.15, -0.1) is 0 Å². The smallest absolute Gasteiger partial charge is 0.310 e. The minimum Gasteiger partial charge on any atom is -0.485 e. The van der Waals surface area contributed by atoms with E-state index in [9.17, 15) is 9.90 Å². The number of rotatable bonds is 7. The second kappa shape index (κ2) is 9.17. The van der Waals surface area contributed by atoms with E-state index < -0.39 is 5.60 Å². The Hall–Kier alpha value is -2.06. The third-order valence-electron chi connectivity index (χ3n) is 4.18. The zero-order valence-corrected chi connectivity index (χ0v) is 19.0. The third kappa shape index (κ3) is 5.96. The molecule has 0 aliphatic rings. The van der Waals surface area contributed by atoms with Crippen LogP contribution in [0.2, 0.25) is 0 Å². The van der Waals surface area contributed by atoms with Crippen LogP contribution in [0.5, 0.6) is 5.75 Å². The fourth-order valence-electron chi connectivity index (χ4n) is 3.04. The van der Waals surface area contributed by atoms with Crippen molar-refractivity contribution in [2.45, 2.75) is 45.8 Å². The summed E-state index contributed by atoms with van der Waals surface area (Å²) in [6.45, 7) is 5.92. The van der Waals surface area contributed by atoms with Crippen LogP contribution < -0.4 is 4.74 Å². The molecule has 0 radical (unpaired) electrons. The highest BCUT2D eigenvalue weighted by Crippen LogP contribution is 2.28. The fraction of sp³-hybridized carbons (Fsp3) is 0.348. The number of aliphatic hydroxyl groups excluding tert-OH is 1. The molecule has 0 fully saturated rings. The van der Waals surface area contributed by atoms with Crippen molar-refractivity contribution in [3.63, 3.8) is 0 Å². The summed E-state index contributed by atoms with van der Waals surface area (Å²) in [4.78, 5) is 12.2. The van der Waals surface area contributed by atoms with Crippen LogP contribution in [0.1, 0.15) is 37.7 Å². The van der Waals surface area contributed by atoms with Gasteiger partial charge in [0.2, 0.25) is 0 Å². The lowest BCUT2D eigenvalue weighted by molar-refractivity contribution is -0.153. The van der Waals surface area contributed by atoms with Crippen molar-refractivity contribution in [3.8, 4) is 5.75 Å². The van der Waals surface area contributed by atoms with Gasteiger partial charge >= 0.3 is 5.97 Å². The predicted octanol–water partition coefficient (Wildman–Crippen LogP) is 5.04. The van der Waals surface area contributed by atoms with Gasteiger partial charge in [-0.2, -0.15) is 0 Å². The van der Waals surface area contributed by atoms with Crippen molar-refractivity contribution in [2.75, 3.05) is 6.61 Å². The van der Waals surface area contributed by atoms with E-state index in [1.54, 1.807) is 0 Å². The van der Waals surface area contributed by atoms with Gasteiger partial charge in [0.15, 0.2) is 0 Å². The summed E-state index contributed by atoms with van der Waals surface area (Å²) in [6.07, 6.45) is 0.761. The summed E-state index contributed by atoms with van der Waals surface area (Å²) in [5.41, 5.74) is 2.14. The second-order valence-electron chi connectivity index (χ2n) is 7.84. The monoisotopic (exact) mass is 508 g/mol. The number of para-hydroxylation sites is 1. The van der Waals surface area contributed by atoms with E-state index >= 15 is 0 Å². The van der Waals surface area contributed by atoms with Gasteiger partial charge in [0.1, 0.15) is 29.3 Å². The van der Waals surface area contributed by atoms with E-state index in [-0.39, 0.29) is 25.6 Å². The number of hydrogen-bond acceptors (Lipinski definition) is 5. The Balaban J connectivity index is 1.73. The summed E-state index contributed by atoms with van der Waals surface area (Å²) in [6, 6.07) is 13.4. The number of furan rings is 1. The first-order chi connectivity index (χ1) is 13.7. The molecule has 0 aliphatic heterocycles. The summed E-state index contributed by atoms with van der Waals surface area (Å²) in [5, 5.41) is 10.2. The molecule has 3 rings (SSSR count). The Morgan fingerprint density at radius 1 is 1.17 bits per heavy atom.